The Kier molecular flexibility index (Phi) is 6.20. The Bertz CT molecular complexity index is 1030. The van der Waals surface area contributed by atoms with Gasteiger partial charge >= 0.3 is 12.1 Å². The molecule has 1 amide bonds. The van der Waals surface area contributed by atoms with E-state index in [1.165, 1.54) is 18.2 Å². The molecule has 0 aliphatic rings. The molecule has 3 aromatic carbocycles. The van der Waals surface area contributed by atoms with Crippen molar-refractivity contribution in [1.82, 2.24) is 5.32 Å². The zero-order valence-electron chi connectivity index (χ0n) is 15.7. The summed E-state index contributed by atoms with van der Waals surface area (Å²) < 4.78 is 39.5. The normalized spacial score (nSPS) is 12.2. The van der Waals surface area contributed by atoms with Crippen LogP contribution in [-0.2, 0) is 17.4 Å². The van der Waals surface area contributed by atoms with Crippen LogP contribution in [0.4, 0.5) is 13.2 Å². The van der Waals surface area contributed by atoms with Crippen LogP contribution in [-0.4, -0.2) is 23.0 Å². The second kappa shape index (κ2) is 8.82. The number of benzene rings is 3. The summed E-state index contributed by atoms with van der Waals surface area (Å²) in [6.45, 7) is 0. The summed E-state index contributed by atoms with van der Waals surface area (Å²) in [5.74, 6) is -2.09. The third kappa shape index (κ3) is 5.05. The molecular formula is C23H18F3NO3. The summed E-state index contributed by atoms with van der Waals surface area (Å²) >= 11 is 0. The SMILES string of the molecule is O=C(N[C@H](Cc1ccccc1C(F)(F)F)C(=O)O)c1ccc(-c2ccccc2)cc1. The lowest BCUT2D eigenvalue weighted by molar-refractivity contribution is -0.141. The van der Waals surface area contributed by atoms with Gasteiger partial charge in [0, 0.05) is 12.0 Å². The molecule has 3 aromatic rings. The highest BCUT2D eigenvalue weighted by Gasteiger charge is 2.34. The molecule has 7 heteroatoms. The van der Waals surface area contributed by atoms with Crippen molar-refractivity contribution < 1.29 is 27.9 Å². The van der Waals surface area contributed by atoms with E-state index in [4.69, 9.17) is 0 Å². The van der Waals surface area contributed by atoms with E-state index in [1.54, 1.807) is 24.3 Å². The van der Waals surface area contributed by atoms with E-state index in [0.717, 1.165) is 17.2 Å². The van der Waals surface area contributed by atoms with Crippen LogP contribution >= 0.6 is 0 Å². The van der Waals surface area contributed by atoms with Gasteiger partial charge in [-0.05, 0) is 34.9 Å². The smallest absolute Gasteiger partial charge is 0.416 e. The Balaban J connectivity index is 1.76. The molecule has 3 rings (SSSR count). The predicted molar refractivity (Wildman–Crippen MR) is 106 cm³/mol. The maximum absolute atomic E-state index is 13.2. The van der Waals surface area contributed by atoms with Gasteiger partial charge in [-0.2, -0.15) is 13.2 Å². The van der Waals surface area contributed by atoms with Crippen LogP contribution in [0.3, 0.4) is 0 Å². The van der Waals surface area contributed by atoms with E-state index >= 15 is 0 Å². The van der Waals surface area contributed by atoms with Crippen LogP contribution in [0.5, 0.6) is 0 Å². The largest absolute Gasteiger partial charge is 0.480 e. The van der Waals surface area contributed by atoms with Gasteiger partial charge in [0.2, 0.25) is 0 Å². The van der Waals surface area contributed by atoms with E-state index in [0.29, 0.717) is 0 Å². The molecule has 4 nitrogen and oxygen atoms in total. The fourth-order valence-electron chi connectivity index (χ4n) is 3.08. The number of aliphatic carboxylic acids is 1. The van der Waals surface area contributed by atoms with Crippen molar-refractivity contribution in [2.75, 3.05) is 0 Å². The quantitative estimate of drug-likeness (QED) is 0.610. The monoisotopic (exact) mass is 413 g/mol. The Hall–Kier alpha value is -3.61. The Morgan fingerprint density at radius 2 is 1.40 bits per heavy atom. The van der Waals surface area contributed by atoms with Gasteiger partial charge in [-0.3, -0.25) is 4.79 Å². The highest BCUT2D eigenvalue weighted by molar-refractivity contribution is 5.97. The first-order valence-electron chi connectivity index (χ1n) is 9.10. The minimum absolute atomic E-state index is 0.197. The molecule has 0 saturated heterocycles. The number of hydrogen-bond donors (Lipinski definition) is 2. The third-order valence-corrected chi connectivity index (χ3v) is 4.60. The molecule has 0 radical (unpaired) electrons. The minimum Gasteiger partial charge on any atom is -0.480 e. The van der Waals surface area contributed by atoms with Crippen molar-refractivity contribution in [2.24, 2.45) is 0 Å². The second-order valence-electron chi connectivity index (χ2n) is 6.67. The van der Waals surface area contributed by atoms with Gasteiger partial charge in [0.1, 0.15) is 6.04 Å². The number of carboxylic acid groups (broad SMARTS) is 1. The standard InChI is InChI=1S/C23H18F3NO3/c24-23(25,26)19-9-5-4-8-18(19)14-20(22(29)30)27-21(28)17-12-10-16(11-13-17)15-6-2-1-3-7-15/h1-13,20H,14H2,(H,27,28)(H,29,30)/t20-/m1/s1. The van der Waals surface area contributed by atoms with E-state index in [1.807, 2.05) is 30.3 Å². The van der Waals surface area contributed by atoms with Crippen LogP contribution in [0.25, 0.3) is 11.1 Å². The van der Waals surface area contributed by atoms with Gasteiger partial charge in [-0.1, -0.05) is 60.7 Å². The van der Waals surface area contributed by atoms with Crippen molar-refractivity contribution in [3.8, 4) is 11.1 Å². The molecule has 30 heavy (non-hydrogen) atoms. The Morgan fingerprint density at radius 3 is 2.00 bits per heavy atom. The molecule has 0 spiro atoms. The Morgan fingerprint density at radius 1 is 0.833 bits per heavy atom. The van der Waals surface area contributed by atoms with Crippen molar-refractivity contribution >= 4 is 11.9 Å². The fourth-order valence-corrected chi connectivity index (χ4v) is 3.08. The van der Waals surface area contributed by atoms with Gasteiger partial charge < -0.3 is 10.4 Å². The fraction of sp³-hybridized carbons (Fsp3) is 0.130. The van der Waals surface area contributed by atoms with Gasteiger partial charge in [0.15, 0.2) is 0 Å². The molecule has 0 unspecified atom stereocenters. The number of halogens is 3. The number of nitrogens with one attached hydrogen (secondary N) is 1. The van der Waals surface area contributed by atoms with Crippen LogP contribution < -0.4 is 5.32 Å². The van der Waals surface area contributed by atoms with Crippen LogP contribution in [0.1, 0.15) is 21.5 Å². The van der Waals surface area contributed by atoms with Crippen molar-refractivity contribution in [1.29, 1.82) is 0 Å². The molecule has 1 atom stereocenters. The van der Waals surface area contributed by atoms with Crippen molar-refractivity contribution in [3.05, 3.63) is 95.6 Å². The zero-order chi connectivity index (χ0) is 21.7. The molecule has 0 fully saturated rings. The summed E-state index contributed by atoms with van der Waals surface area (Å²) in [4.78, 5) is 24.1. The highest BCUT2D eigenvalue weighted by Crippen LogP contribution is 2.32. The van der Waals surface area contributed by atoms with Gasteiger partial charge in [-0.25, -0.2) is 4.79 Å². The van der Waals surface area contributed by atoms with Crippen LogP contribution in [0.15, 0.2) is 78.9 Å². The van der Waals surface area contributed by atoms with E-state index in [9.17, 15) is 27.9 Å². The molecule has 0 aliphatic carbocycles. The number of carbonyl (C=O) groups is 2. The van der Waals surface area contributed by atoms with Crippen LogP contribution in [0.2, 0.25) is 0 Å². The molecule has 0 aliphatic heterocycles. The molecular weight excluding hydrogens is 395 g/mol. The third-order valence-electron chi connectivity index (χ3n) is 4.60. The number of rotatable bonds is 6. The van der Waals surface area contributed by atoms with Gasteiger partial charge in [0.05, 0.1) is 5.56 Å². The van der Waals surface area contributed by atoms with Gasteiger partial charge in [-0.15, -0.1) is 0 Å². The highest BCUT2D eigenvalue weighted by atomic mass is 19.4. The predicted octanol–water partition coefficient (Wildman–Crippen LogP) is 4.80. The summed E-state index contributed by atoms with van der Waals surface area (Å²) in [6, 6.07) is 19.2. The molecule has 0 bridgehead atoms. The second-order valence-corrected chi connectivity index (χ2v) is 6.67. The summed E-state index contributed by atoms with van der Waals surface area (Å²) in [5.41, 5.74) is 0.928. The van der Waals surface area contributed by atoms with E-state index < -0.39 is 36.1 Å². The summed E-state index contributed by atoms with van der Waals surface area (Å²) in [6.07, 6.45) is -5.10. The molecule has 154 valence electrons. The minimum atomic E-state index is -4.61. The number of amides is 1. The van der Waals surface area contributed by atoms with E-state index in [-0.39, 0.29) is 11.1 Å². The number of hydrogen-bond acceptors (Lipinski definition) is 2. The molecule has 0 saturated carbocycles. The summed E-state index contributed by atoms with van der Waals surface area (Å²) in [5, 5.41) is 11.7. The summed E-state index contributed by atoms with van der Waals surface area (Å²) in [7, 11) is 0. The first-order valence-corrected chi connectivity index (χ1v) is 9.10. The first-order chi connectivity index (χ1) is 14.3. The number of carboxylic acids is 1. The maximum atomic E-state index is 13.2. The topological polar surface area (TPSA) is 66.4 Å². The van der Waals surface area contributed by atoms with Crippen molar-refractivity contribution in [3.63, 3.8) is 0 Å². The number of carbonyl (C=O) groups excluding carboxylic acids is 1. The first kappa shape index (κ1) is 21.1. The average molecular weight is 413 g/mol. The Labute approximate surface area is 171 Å². The van der Waals surface area contributed by atoms with Crippen molar-refractivity contribution in [2.45, 2.75) is 18.6 Å². The lowest BCUT2D eigenvalue weighted by Crippen LogP contribution is -2.42. The molecule has 0 aromatic heterocycles. The van der Waals surface area contributed by atoms with E-state index in [2.05, 4.69) is 5.32 Å². The molecule has 2 N–H and O–H groups in total. The average Bonchev–Trinajstić information content (AvgIpc) is 2.73. The number of alkyl halides is 3. The lowest BCUT2D eigenvalue weighted by atomic mass is 9.99. The maximum Gasteiger partial charge on any atom is 0.416 e. The zero-order valence-corrected chi connectivity index (χ0v) is 15.7. The van der Waals surface area contributed by atoms with Gasteiger partial charge in [0.25, 0.3) is 5.91 Å². The van der Waals surface area contributed by atoms with Crippen LogP contribution in [0, 0.1) is 0 Å². The molecule has 0 heterocycles. The lowest BCUT2D eigenvalue weighted by Gasteiger charge is -2.18.